The summed E-state index contributed by atoms with van der Waals surface area (Å²) in [6, 6.07) is 4.99. The van der Waals surface area contributed by atoms with Gasteiger partial charge in [-0.2, -0.15) is 0 Å². The number of carboxylic acid groups (broad SMARTS) is 1. The van der Waals surface area contributed by atoms with E-state index in [2.05, 4.69) is 27.6 Å². The number of nitrogens with zero attached hydrogens (tertiary/aromatic N) is 1. The second-order valence-corrected chi connectivity index (χ2v) is 4.84. The van der Waals surface area contributed by atoms with Gasteiger partial charge in [-0.1, -0.05) is 0 Å². The number of oxazole rings is 1. The lowest BCUT2D eigenvalue weighted by molar-refractivity contribution is 0.0691. The summed E-state index contributed by atoms with van der Waals surface area (Å²) >= 11 is 2.05. The number of halogens is 1. The first-order valence-corrected chi connectivity index (χ1v) is 6.20. The van der Waals surface area contributed by atoms with Gasteiger partial charge < -0.3 is 14.3 Å². The van der Waals surface area contributed by atoms with E-state index in [0.717, 1.165) is 3.57 Å². The first-order valence-electron chi connectivity index (χ1n) is 5.12. The van der Waals surface area contributed by atoms with E-state index >= 15 is 0 Å². The van der Waals surface area contributed by atoms with Crippen LogP contribution in [0.25, 0.3) is 0 Å². The van der Waals surface area contributed by atoms with E-state index < -0.39 is 5.97 Å². The van der Waals surface area contributed by atoms with Gasteiger partial charge in [-0.25, -0.2) is 9.78 Å². The molecule has 0 saturated heterocycles. The molecule has 0 amide bonds. The molecule has 0 bridgehead atoms. The molecule has 1 aromatic carbocycles. The first-order chi connectivity index (χ1) is 8.58. The molecule has 0 aliphatic carbocycles. The van der Waals surface area contributed by atoms with Crippen molar-refractivity contribution in [1.82, 2.24) is 4.98 Å². The van der Waals surface area contributed by atoms with E-state index in [0.29, 0.717) is 17.2 Å². The summed E-state index contributed by atoms with van der Waals surface area (Å²) in [5.41, 5.74) is 0.799. The van der Waals surface area contributed by atoms with Crippen LogP contribution in [-0.4, -0.2) is 16.1 Å². The second kappa shape index (κ2) is 5.38. The minimum absolute atomic E-state index is 0.142. The average molecular weight is 359 g/mol. The largest absolute Gasteiger partial charge is 0.486 e. The summed E-state index contributed by atoms with van der Waals surface area (Å²) in [6.45, 7) is 1.96. The highest BCUT2D eigenvalue weighted by atomic mass is 127. The summed E-state index contributed by atoms with van der Waals surface area (Å²) in [7, 11) is 0. The molecule has 0 atom stereocenters. The van der Waals surface area contributed by atoms with Gasteiger partial charge in [-0.05, 0) is 47.7 Å². The van der Waals surface area contributed by atoms with Crippen molar-refractivity contribution in [2.45, 2.75) is 13.5 Å². The Morgan fingerprint density at radius 2 is 2.33 bits per heavy atom. The van der Waals surface area contributed by atoms with E-state index in [4.69, 9.17) is 14.3 Å². The molecular formula is C12H10INO4. The number of aromatic carboxylic acids is 1. The normalized spacial score (nSPS) is 10.3. The number of aryl methyl sites for hydroxylation is 1. The Morgan fingerprint density at radius 1 is 1.56 bits per heavy atom. The fourth-order valence-corrected chi connectivity index (χ4v) is 1.90. The quantitative estimate of drug-likeness (QED) is 0.850. The SMILES string of the molecule is Cc1ocnc1COc1ccc(I)cc1C(=O)O. The maximum atomic E-state index is 11.1. The van der Waals surface area contributed by atoms with E-state index in [9.17, 15) is 4.79 Å². The molecule has 0 aliphatic rings. The Bertz CT molecular complexity index is 579. The van der Waals surface area contributed by atoms with Gasteiger partial charge in [0.05, 0.1) is 0 Å². The number of aromatic nitrogens is 1. The van der Waals surface area contributed by atoms with Gasteiger partial charge in [0.15, 0.2) is 6.39 Å². The number of benzene rings is 1. The zero-order chi connectivity index (χ0) is 13.1. The lowest BCUT2D eigenvalue weighted by Crippen LogP contribution is -2.04. The Kier molecular flexibility index (Phi) is 3.85. The molecule has 0 radical (unpaired) electrons. The van der Waals surface area contributed by atoms with Crippen LogP contribution in [-0.2, 0) is 6.61 Å². The highest BCUT2D eigenvalue weighted by Gasteiger charge is 2.13. The van der Waals surface area contributed by atoms with Crippen LogP contribution < -0.4 is 4.74 Å². The number of hydrogen-bond donors (Lipinski definition) is 1. The lowest BCUT2D eigenvalue weighted by atomic mass is 10.2. The van der Waals surface area contributed by atoms with Crippen LogP contribution in [0.3, 0.4) is 0 Å². The number of ether oxygens (including phenoxy) is 1. The fraction of sp³-hybridized carbons (Fsp3) is 0.167. The summed E-state index contributed by atoms with van der Waals surface area (Å²) < 4.78 is 11.4. The van der Waals surface area contributed by atoms with Gasteiger partial charge in [-0.15, -0.1) is 0 Å². The molecule has 1 N–H and O–H groups in total. The maximum absolute atomic E-state index is 11.1. The Balaban J connectivity index is 2.19. The molecule has 1 aromatic heterocycles. The minimum atomic E-state index is -1.01. The van der Waals surface area contributed by atoms with Gasteiger partial charge in [0, 0.05) is 3.57 Å². The minimum Gasteiger partial charge on any atom is -0.486 e. The number of rotatable bonds is 4. The molecule has 1 heterocycles. The number of carboxylic acids is 1. The van der Waals surface area contributed by atoms with Gasteiger partial charge in [0.1, 0.15) is 29.4 Å². The molecule has 94 valence electrons. The lowest BCUT2D eigenvalue weighted by Gasteiger charge is -2.08. The summed E-state index contributed by atoms with van der Waals surface area (Å²) in [5.74, 6) is -0.0249. The molecule has 0 spiro atoms. The van der Waals surface area contributed by atoms with Crippen molar-refractivity contribution in [2.75, 3.05) is 0 Å². The predicted octanol–water partition coefficient (Wildman–Crippen LogP) is 2.86. The van der Waals surface area contributed by atoms with Gasteiger partial charge in [0.25, 0.3) is 0 Å². The molecule has 0 fully saturated rings. The van der Waals surface area contributed by atoms with Crippen molar-refractivity contribution in [1.29, 1.82) is 0 Å². The Hall–Kier alpha value is -1.57. The van der Waals surface area contributed by atoms with Crippen molar-refractivity contribution in [3.8, 4) is 5.75 Å². The van der Waals surface area contributed by atoms with Crippen molar-refractivity contribution in [3.05, 3.63) is 45.2 Å². The highest BCUT2D eigenvalue weighted by molar-refractivity contribution is 14.1. The highest BCUT2D eigenvalue weighted by Crippen LogP contribution is 2.22. The van der Waals surface area contributed by atoms with E-state index in [1.54, 1.807) is 25.1 Å². The Morgan fingerprint density at radius 3 is 2.94 bits per heavy atom. The summed E-state index contributed by atoms with van der Waals surface area (Å²) in [4.78, 5) is 15.1. The molecule has 6 heteroatoms. The molecule has 18 heavy (non-hydrogen) atoms. The van der Waals surface area contributed by atoms with Crippen LogP contribution in [0.4, 0.5) is 0 Å². The predicted molar refractivity (Wildman–Crippen MR) is 71.7 cm³/mol. The molecule has 0 unspecified atom stereocenters. The molecule has 2 rings (SSSR count). The molecule has 5 nitrogen and oxygen atoms in total. The number of hydrogen-bond acceptors (Lipinski definition) is 4. The van der Waals surface area contributed by atoms with Crippen LogP contribution in [0.15, 0.2) is 29.0 Å². The zero-order valence-corrected chi connectivity index (χ0v) is 11.7. The van der Waals surface area contributed by atoms with E-state index in [1.807, 2.05) is 0 Å². The van der Waals surface area contributed by atoms with E-state index in [1.165, 1.54) is 6.39 Å². The van der Waals surface area contributed by atoms with Crippen molar-refractivity contribution >= 4 is 28.6 Å². The summed E-state index contributed by atoms with van der Waals surface area (Å²) in [6.07, 6.45) is 1.33. The fourth-order valence-electron chi connectivity index (χ4n) is 1.41. The molecular weight excluding hydrogens is 349 g/mol. The van der Waals surface area contributed by atoms with Crippen LogP contribution in [0.1, 0.15) is 21.8 Å². The van der Waals surface area contributed by atoms with Gasteiger partial charge >= 0.3 is 5.97 Å². The third-order valence-electron chi connectivity index (χ3n) is 2.38. The second-order valence-electron chi connectivity index (χ2n) is 3.59. The van der Waals surface area contributed by atoms with Crippen molar-refractivity contribution in [2.24, 2.45) is 0 Å². The van der Waals surface area contributed by atoms with Crippen molar-refractivity contribution in [3.63, 3.8) is 0 Å². The average Bonchev–Trinajstić information content (AvgIpc) is 2.73. The summed E-state index contributed by atoms with van der Waals surface area (Å²) in [5, 5.41) is 9.08. The Labute approximate surface area is 117 Å². The third-order valence-corrected chi connectivity index (χ3v) is 3.05. The van der Waals surface area contributed by atoms with Crippen LogP contribution in [0, 0.1) is 10.5 Å². The van der Waals surface area contributed by atoms with Crippen LogP contribution >= 0.6 is 22.6 Å². The smallest absolute Gasteiger partial charge is 0.339 e. The van der Waals surface area contributed by atoms with Crippen LogP contribution in [0.5, 0.6) is 5.75 Å². The standard InChI is InChI=1S/C12H10INO4/c1-7-10(14-6-18-7)5-17-11-3-2-8(13)4-9(11)12(15)16/h2-4,6H,5H2,1H3,(H,15,16). The third kappa shape index (κ3) is 2.81. The topological polar surface area (TPSA) is 72.6 Å². The van der Waals surface area contributed by atoms with Gasteiger partial charge in [-0.3, -0.25) is 0 Å². The molecule has 2 aromatic rings. The molecule has 0 aliphatic heterocycles. The molecule has 0 saturated carbocycles. The van der Waals surface area contributed by atoms with Crippen LogP contribution in [0.2, 0.25) is 0 Å². The van der Waals surface area contributed by atoms with E-state index in [-0.39, 0.29) is 12.2 Å². The van der Waals surface area contributed by atoms with Crippen molar-refractivity contribution < 1.29 is 19.1 Å². The first kappa shape index (κ1) is 12.9. The monoisotopic (exact) mass is 359 g/mol. The van der Waals surface area contributed by atoms with Gasteiger partial charge in [0.2, 0.25) is 0 Å². The zero-order valence-electron chi connectivity index (χ0n) is 9.51. The maximum Gasteiger partial charge on any atom is 0.339 e. The number of carbonyl (C=O) groups is 1.